The van der Waals surface area contributed by atoms with Crippen molar-refractivity contribution in [2.24, 2.45) is 5.73 Å². The van der Waals surface area contributed by atoms with Crippen molar-refractivity contribution in [3.63, 3.8) is 0 Å². The first-order valence-corrected chi connectivity index (χ1v) is 7.44. The van der Waals surface area contributed by atoms with Crippen LogP contribution in [0.15, 0.2) is 24.3 Å². The molecule has 0 aliphatic carbocycles. The van der Waals surface area contributed by atoms with Crippen molar-refractivity contribution in [1.82, 2.24) is 5.32 Å². The molecule has 0 radical (unpaired) electrons. The molecule has 0 heterocycles. The minimum Gasteiger partial charge on any atom is -0.469 e. The van der Waals surface area contributed by atoms with E-state index in [0.29, 0.717) is 0 Å². The van der Waals surface area contributed by atoms with E-state index in [9.17, 15) is 9.59 Å². The van der Waals surface area contributed by atoms with E-state index in [4.69, 9.17) is 10.5 Å². The molecule has 0 bridgehead atoms. The highest BCUT2D eigenvalue weighted by atomic mass is 16.5. The number of ether oxygens (including phenoxy) is 1. The summed E-state index contributed by atoms with van der Waals surface area (Å²) < 4.78 is 4.71. The van der Waals surface area contributed by atoms with Crippen molar-refractivity contribution in [3.8, 4) is 0 Å². The van der Waals surface area contributed by atoms with E-state index in [2.05, 4.69) is 26.1 Å². The number of methoxy groups -OCH3 is 1. The number of carbonyl (C=O) groups excluding carboxylic acids is 2. The first kappa shape index (κ1) is 18.2. The molecule has 1 rings (SSSR count). The van der Waals surface area contributed by atoms with Crippen LogP contribution in [0.1, 0.15) is 50.8 Å². The van der Waals surface area contributed by atoms with Crippen molar-refractivity contribution in [2.75, 3.05) is 13.7 Å². The van der Waals surface area contributed by atoms with Gasteiger partial charge in [0.05, 0.1) is 19.6 Å². The third kappa shape index (κ3) is 5.48. The fourth-order valence-electron chi connectivity index (χ4n) is 2.12. The molecule has 0 saturated carbocycles. The van der Waals surface area contributed by atoms with E-state index in [1.54, 1.807) is 0 Å². The van der Waals surface area contributed by atoms with E-state index < -0.39 is 6.04 Å². The van der Waals surface area contributed by atoms with E-state index in [1.165, 1.54) is 12.7 Å². The molecule has 0 aliphatic rings. The molecule has 1 atom stereocenters. The van der Waals surface area contributed by atoms with Gasteiger partial charge in [-0.3, -0.25) is 9.59 Å². The largest absolute Gasteiger partial charge is 0.469 e. The highest BCUT2D eigenvalue weighted by Crippen LogP contribution is 2.25. The third-order valence-electron chi connectivity index (χ3n) is 3.48. The number of esters is 1. The zero-order valence-corrected chi connectivity index (χ0v) is 13.8. The van der Waals surface area contributed by atoms with Gasteiger partial charge < -0.3 is 15.8 Å². The van der Waals surface area contributed by atoms with Gasteiger partial charge in [-0.15, -0.1) is 0 Å². The predicted octanol–water partition coefficient (Wildman–Crippen LogP) is 2.05. The van der Waals surface area contributed by atoms with Crippen LogP contribution in [0.5, 0.6) is 0 Å². The van der Waals surface area contributed by atoms with Crippen molar-refractivity contribution in [1.29, 1.82) is 0 Å². The highest BCUT2D eigenvalue weighted by Gasteiger charge is 2.20. The SMILES string of the molecule is COC(=O)CC(NC(=O)CCN)c1ccc(C(C)(C)C)cc1. The smallest absolute Gasteiger partial charge is 0.307 e. The summed E-state index contributed by atoms with van der Waals surface area (Å²) in [5.41, 5.74) is 7.52. The van der Waals surface area contributed by atoms with Crippen molar-refractivity contribution in [3.05, 3.63) is 35.4 Å². The lowest BCUT2D eigenvalue weighted by atomic mass is 9.86. The second-order valence-corrected chi connectivity index (χ2v) is 6.31. The van der Waals surface area contributed by atoms with Gasteiger partial charge in [-0.2, -0.15) is 0 Å². The summed E-state index contributed by atoms with van der Waals surface area (Å²) in [4.78, 5) is 23.3. The molecule has 5 heteroatoms. The average molecular weight is 306 g/mol. The van der Waals surface area contributed by atoms with Gasteiger partial charge in [0.15, 0.2) is 0 Å². The maximum atomic E-state index is 11.8. The second-order valence-electron chi connectivity index (χ2n) is 6.31. The maximum absolute atomic E-state index is 11.8. The Morgan fingerprint density at radius 2 is 1.82 bits per heavy atom. The minimum absolute atomic E-state index is 0.0547. The Kier molecular flexibility index (Phi) is 6.56. The Balaban J connectivity index is 2.94. The molecule has 5 nitrogen and oxygen atoms in total. The van der Waals surface area contributed by atoms with Crippen molar-refractivity contribution < 1.29 is 14.3 Å². The number of carbonyl (C=O) groups is 2. The summed E-state index contributed by atoms with van der Waals surface area (Å²) in [6.45, 7) is 6.69. The Morgan fingerprint density at radius 3 is 2.27 bits per heavy atom. The lowest BCUT2D eigenvalue weighted by Crippen LogP contribution is -2.31. The van der Waals surface area contributed by atoms with Crippen LogP contribution in [-0.2, 0) is 19.7 Å². The Morgan fingerprint density at radius 1 is 1.23 bits per heavy atom. The zero-order chi connectivity index (χ0) is 16.8. The first-order chi connectivity index (χ1) is 10.3. The molecule has 0 aliphatic heterocycles. The van der Waals surface area contributed by atoms with Crippen LogP contribution >= 0.6 is 0 Å². The van der Waals surface area contributed by atoms with Crippen molar-refractivity contribution in [2.45, 2.75) is 45.1 Å². The van der Waals surface area contributed by atoms with Crippen LogP contribution in [0.3, 0.4) is 0 Å². The Labute approximate surface area is 132 Å². The number of hydrogen-bond acceptors (Lipinski definition) is 4. The van der Waals surface area contributed by atoms with E-state index >= 15 is 0 Å². The summed E-state index contributed by atoms with van der Waals surface area (Å²) in [6, 6.07) is 7.53. The van der Waals surface area contributed by atoms with E-state index in [1.807, 2.05) is 24.3 Å². The summed E-state index contributed by atoms with van der Waals surface area (Å²) in [5.74, 6) is -0.533. The van der Waals surface area contributed by atoms with Gasteiger partial charge in [-0.25, -0.2) is 0 Å². The second kappa shape index (κ2) is 7.94. The molecule has 1 unspecified atom stereocenters. The van der Waals surface area contributed by atoms with Crippen LogP contribution in [0, 0.1) is 0 Å². The van der Waals surface area contributed by atoms with Gasteiger partial charge in [-0.05, 0) is 16.5 Å². The summed E-state index contributed by atoms with van der Waals surface area (Å²) >= 11 is 0. The fraction of sp³-hybridized carbons (Fsp3) is 0.529. The lowest BCUT2D eigenvalue weighted by molar-refractivity contribution is -0.141. The van der Waals surface area contributed by atoms with E-state index in [-0.39, 0.29) is 36.7 Å². The molecule has 1 aromatic carbocycles. The van der Waals surface area contributed by atoms with Crippen LogP contribution < -0.4 is 11.1 Å². The average Bonchev–Trinajstić information content (AvgIpc) is 2.46. The fourth-order valence-corrected chi connectivity index (χ4v) is 2.12. The third-order valence-corrected chi connectivity index (χ3v) is 3.48. The molecule has 1 aromatic rings. The van der Waals surface area contributed by atoms with Gasteiger partial charge in [-0.1, -0.05) is 45.0 Å². The van der Waals surface area contributed by atoms with Gasteiger partial charge in [0, 0.05) is 13.0 Å². The molecular formula is C17H26N2O3. The first-order valence-electron chi connectivity index (χ1n) is 7.44. The van der Waals surface area contributed by atoms with Crippen LogP contribution in [0.4, 0.5) is 0 Å². The molecule has 3 N–H and O–H groups in total. The number of rotatable bonds is 6. The van der Waals surface area contributed by atoms with E-state index in [0.717, 1.165) is 5.56 Å². The number of hydrogen-bond donors (Lipinski definition) is 2. The zero-order valence-electron chi connectivity index (χ0n) is 13.8. The number of nitrogens with one attached hydrogen (secondary N) is 1. The molecule has 122 valence electrons. The van der Waals surface area contributed by atoms with Crippen LogP contribution in [0.25, 0.3) is 0 Å². The standard InChI is InChI=1S/C17H26N2O3/c1-17(2,3)13-7-5-12(6-8-13)14(11-16(21)22-4)19-15(20)9-10-18/h5-8,14H,9-11,18H2,1-4H3,(H,19,20). The van der Waals surface area contributed by atoms with Crippen LogP contribution in [-0.4, -0.2) is 25.5 Å². The van der Waals surface area contributed by atoms with Gasteiger partial charge >= 0.3 is 5.97 Å². The summed E-state index contributed by atoms with van der Waals surface area (Å²) in [6.07, 6.45) is 0.333. The van der Waals surface area contributed by atoms with Gasteiger partial charge in [0.1, 0.15) is 0 Å². The maximum Gasteiger partial charge on any atom is 0.307 e. The lowest BCUT2D eigenvalue weighted by Gasteiger charge is -2.22. The monoisotopic (exact) mass is 306 g/mol. The molecular weight excluding hydrogens is 280 g/mol. The normalized spacial score (nSPS) is 12.6. The number of amides is 1. The topological polar surface area (TPSA) is 81.4 Å². The number of nitrogens with two attached hydrogens (primary N) is 1. The Bertz CT molecular complexity index is 504. The molecule has 0 spiro atoms. The predicted molar refractivity (Wildman–Crippen MR) is 86.3 cm³/mol. The Hall–Kier alpha value is -1.88. The quantitative estimate of drug-likeness (QED) is 0.788. The van der Waals surface area contributed by atoms with Crippen LogP contribution in [0.2, 0.25) is 0 Å². The summed E-state index contributed by atoms with van der Waals surface area (Å²) in [5, 5.41) is 2.84. The molecule has 1 amide bonds. The molecule has 0 aromatic heterocycles. The van der Waals surface area contributed by atoms with Gasteiger partial charge in [0.25, 0.3) is 0 Å². The molecule has 22 heavy (non-hydrogen) atoms. The van der Waals surface area contributed by atoms with Crippen molar-refractivity contribution >= 4 is 11.9 Å². The highest BCUT2D eigenvalue weighted by molar-refractivity contribution is 5.78. The van der Waals surface area contributed by atoms with Gasteiger partial charge in [0.2, 0.25) is 5.91 Å². The molecule has 0 saturated heterocycles. The number of benzene rings is 1. The minimum atomic E-state index is -0.402. The summed E-state index contributed by atoms with van der Waals surface area (Å²) in [7, 11) is 1.34. The molecule has 0 fully saturated rings.